The van der Waals surface area contributed by atoms with E-state index in [0.717, 1.165) is 55.0 Å². The highest BCUT2D eigenvalue weighted by molar-refractivity contribution is 5.91. The van der Waals surface area contributed by atoms with E-state index in [9.17, 15) is 8.78 Å². The van der Waals surface area contributed by atoms with Gasteiger partial charge in [-0.25, -0.2) is 18.7 Å². The van der Waals surface area contributed by atoms with Gasteiger partial charge in [0.1, 0.15) is 5.82 Å². The fraction of sp³-hybridized carbons (Fsp3) is 0.263. The Hall–Kier alpha value is -2.60. The lowest BCUT2D eigenvalue weighted by Crippen LogP contribution is -2.45. The van der Waals surface area contributed by atoms with Crippen molar-refractivity contribution in [2.75, 3.05) is 38.1 Å². The molecule has 4 nitrogen and oxygen atoms in total. The topological polar surface area (TPSA) is 32.3 Å². The molecule has 6 heteroatoms. The highest BCUT2D eigenvalue weighted by atomic mass is 19.2. The van der Waals surface area contributed by atoms with E-state index in [4.69, 9.17) is 4.98 Å². The summed E-state index contributed by atoms with van der Waals surface area (Å²) in [6.45, 7) is 3.65. The molecule has 1 fully saturated rings. The summed E-state index contributed by atoms with van der Waals surface area (Å²) in [4.78, 5) is 13.8. The second kappa shape index (κ2) is 6.37. The second-order valence-corrected chi connectivity index (χ2v) is 6.31. The van der Waals surface area contributed by atoms with Crippen LogP contribution in [0.1, 0.15) is 0 Å². The van der Waals surface area contributed by atoms with Crippen molar-refractivity contribution in [3.8, 4) is 11.4 Å². The number of para-hydroxylation sites is 1. The van der Waals surface area contributed by atoms with Crippen LogP contribution in [0.4, 0.5) is 14.6 Å². The van der Waals surface area contributed by atoms with Crippen LogP contribution in [0.2, 0.25) is 0 Å². The minimum absolute atomic E-state index is 0.409. The molecule has 1 aliphatic heterocycles. The number of benzene rings is 2. The molecule has 1 saturated heterocycles. The summed E-state index contributed by atoms with van der Waals surface area (Å²) in [5, 5.41) is 0.971. The lowest BCUT2D eigenvalue weighted by Gasteiger charge is -2.33. The van der Waals surface area contributed by atoms with E-state index < -0.39 is 11.6 Å². The second-order valence-electron chi connectivity index (χ2n) is 6.31. The van der Waals surface area contributed by atoms with Crippen LogP contribution in [0.25, 0.3) is 22.3 Å². The first-order chi connectivity index (χ1) is 12.1. The first-order valence-electron chi connectivity index (χ1n) is 8.27. The van der Waals surface area contributed by atoms with E-state index in [-0.39, 0.29) is 0 Å². The zero-order valence-electron chi connectivity index (χ0n) is 13.9. The van der Waals surface area contributed by atoms with Gasteiger partial charge >= 0.3 is 0 Å². The molecule has 3 aromatic rings. The molecule has 0 bridgehead atoms. The molecule has 0 spiro atoms. The average molecular weight is 340 g/mol. The minimum Gasteiger partial charge on any atom is -0.353 e. The normalized spacial score (nSPS) is 15.7. The number of likely N-dealkylation sites (N-methyl/N-ethyl adjacent to an activating group) is 1. The van der Waals surface area contributed by atoms with E-state index in [0.29, 0.717) is 11.4 Å². The summed E-state index contributed by atoms with van der Waals surface area (Å²) in [6.07, 6.45) is 0. The van der Waals surface area contributed by atoms with Gasteiger partial charge < -0.3 is 9.80 Å². The monoisotopic (exact) mass is 340 g/mol. The van der Waals surface area contributed by atoms with E-state index in [1.807, 2.05) is 24.3 Å². The van der Waals surface area contributed by atoms with Crippen molar-refractivity contribution in [2.45, 2.75) is 0 Å². The molecular weight excluding hydrogens is 322 g/mol. The van der Waals surface area contributed by atoms with Crippen molar-refractivity contribution in [1.29, 1.82) is 0 Å². The van der Waals surface area contributed by atoms with Crippen molar-refractivity contribution in [3.05, 3.63) is 54.1 Å². The first-order valence-corrected chi connectivity index (χ1v) is 8.27. The number of aromatic nitrogens is 2. The van der Waals surface area contributed by atoms with Crippen LogP contribution in [0.3, 0.4) is 0 Å². The number of hydrogen-bond donors (Lipinski definition) is 0. The first kappa shape index (κ1) is 15.9. The highest BCUT2D eigenvalue weighted by Crippen LogP contribution is 2.28. The van der Waals surface area contributed by atoms with E-state index in [2.05, 4.69) is 21.8 Å². The van der Waals surface area contributed by atoms with Gasteiger partial charge in [-0.15, -0.1) is 0 Å². The molecular formula is C19H18F2N4. The van der Waals surface area contributed by atoms with Gasteiger partial charge in [-0.05, 0) is 37.4 Å². The Kier molecular flexibility index (Phi) is 4.05. The smallest absolute Gasteiger partial charge is 0.162 e. The SMILES string of the molecule is CN1CCN(c2nc(-c3ccc(F)c(F)c3)nc3ccccc23)CC1. The standard InChI is InChI=1S/C19H18F2N4/c1-24-8-10-25(11-9-24)19-14-4-2-3-5-17(14)22-18(23-19)13-6-7-15(20)16(21)12-13/h2-7,12H,8-11H2,1H3. The lowest BCUT2D eigenvalue weighted by molar-refractivity contribution is 0.312. The van der Waals surface area contributed by atoms with Crippen LogP contribution in [-0.2, 0) is 0 Å². The van der Waals surface area contributed by atoms with Gasteiger partial charge in [0.2, 0.25) is 0 Å². The van der Waals surface area contributed by atoms with Crippen LogP contribution in [0.15, 0.2) is 42.5 Å². The number of hydrogen-bond acceptors (Lipinski definition) is 4. The maximum absolute atomic E-state index is 13.6. The highest BCUT2D eigenvalue weighted by Gasteiger charge is 2.19. The van der Waals surface area contributed by atoms with Crippen molar-refractivity contribution in [1.82, 2.24) is 14.9 Å². The summed E-state index contributed by atoms with van der Waals surface area (Å²) >= 11 is 0. The molecule has 0 N–H and O–H groups in total. The molecule has 1 aliphatic rings. The molecule has 0 aliphatic carbocycles. The Morgan fingerprint density at radius 3 is 2.40 bits per heavy atom. The van der Waals surface area contributed by atoms with Crippen molar-refractivity contribution in [3.63, 3.8) is 0 Å². The summed E-state index contributed by atoms with van der Waals surface area (Å²) in [5.41, 5.74) is 1.27. The summed E-state index contributed by atoms with van der Waals surface area (Å²) < 4.78 is 26.9. The van der Waals surface area contributed by atoms with Gasteiger partial charge in [-0.1, -0.05) is 12.1 Å². The minimum atomic E-state index is -0.893. The number of rotatable bonds is 2. The maximum atomic E-state index is 13.6. The van der Waals surface area contributed by atoms with Crippen molar-refractivity contribution in [2.24, 2.45) is 0 Å². The molecule has 128 valence electrons. The van der Waals surface area contributed by atoms with Crippen molar-refractivity contribution >= 4 is 16.7 Å². The largest absolute Gasteiger partial charge is 0.353 e. The van der Waals surface area contributed by atoms with Gasteiger partial charge in [-0.2, -0.15) is 0 Å². The quantitative estimate of drug-likeness (QED) is 0.716. The van der Waals surface area contributed by atoms with Crippen LogP contribution in [0, 0.1) is 11.6 Å². The number of piperazine rings is 1. The average Bonchev–Trinajstić information content (AvgIpc) is 2.64. The van der Waals surface area contributed by atoms with Crippen molar-refractivity contribution < 1.29 is 8.78 Å². The third kappa shape index (κ3) is 3.05. The lowest BCUT2D eigenvalue weighted by atomic mass is 10.1. The van der Waals surface area contributed by atoms with Gasteiger partial charge in [0.05, 0.1) is 5.52 Å². The van der Waals surface area contributed by atoms with E-state index in [1.165, 1.54) is 6.07 Å². The fourth-order valence-electron chi connectivity index (χ4n) is 3.08. The number of nitrogens with zero attached hydrogens (tertiary/aromatic N) is 4. The molecule has 1 aromatic heterocycles. The van der Waals surface area contributed by atoms with Gasteiger partial charge in [0.25, 0.3) is 0 Å². The number of halogens is 2. The molecule has 0 atom stereocenters. The Morgan fingerprint density at radius 1 is 0.880 bits per heavy atom. The van der Waals surface area contributed by atoms with E-state index in [1.54, 1.807) is 0 Å². The van der Waals surface area contributed by atoms with Crippen LogP contribution in [0.5, 0.6) is 0 Å². The van der Waals surface area contributed by atoms with Gasteiger partial charge in [0, 0.05) is 37.1 Å². The molecule has 0 unspecified atom stereocenters. The number of anilines is 1. The molecule has 0 radical (unpaired) electrons. The van der Waals surface area contributed by atoms with E-state index >= 15 is 0 Å². The summed E-state index contributed by atoms with van der Waals surface area (Å²) in [7, 11) is 2.10. The van der Waals surface area contributed by atoms with Gasteiger partial charge in [-0.3, -0.25) is 0 Å². The zero-order valence-corrected chi connectivity index (χ0v) is 13.9. The van der Waals surface area contributed by atoms with Crippen LogP contribution >= 0.6 is 0 Å². The van der Waals surface area contributed by atoms with Crippen LogP contribution < -0.4 is 4.90 Å². The molecule has 2 heterocycles. The molecule has 2 aromatic carbocycles. The zero-order chi connectivity index (χ0) is 17.4. The Bertz CT molecular complexity index is 920. The number of fused-ring (bicyclic) bond motifs is 1. The third-order valence-corrected chi connectivity index (χ3v) is 4.56. The predicted molar refractivity (Wildman–Crippen MR) is 94.6 cm³/mol. The van der Waals surface area contributed by atoms with Gasteiger partial charge in [0.15, 0.2) is 17.5 Å². The maximum Gasteiger partial charge on any atom is 0.162 e. The Morgan fingerprint density at radius 2 is 1.64 bits per heavy atom. The van der Waals surface area contributed by atoms with Crippen LogP contribution in [-0.4, -0.2) is 48.1 Å². The summed E-state index contributed by atoms with van der Waals surface area (Å²) in [5.74, 6) is -0.510. The predicted octanol–water partition coefficient (Wildman–Crippen LogP) is 3.33. The molecule has 0 saturated carbocycles. The molecule has 0 amide bonds. The fourth-order valence-corrected chi connectivity index (χ4v) is 3.08. The molecule has 4 rings (SSSR count). The Balaban J connectivity index is 1.84. The summed E-state index contributed by atoms with van der Waals surface area (Å²) in [6, 6.07) is 11.6. The molecule has 25 heavy (non-hydrogen) atoms. The Labute approximate surface area is 144 Å². The third-order valence-electron chi connectivity index (χ3n) is 4.56.